The van der Waals surface area contributed by atoms with E-state index in [4.69, 9.17) is 18.9 Å². The van der Waals surface area contributed by atoms with Gasteiger partial charge in [0.25, 0.3) is 0 Å². The highest BCUT2D eigenvalue weighted by Gasteiger charge is 2.27. The zero-order valence-corrected chi connectivity index (χ0v) is 18.5. The molecule has 1 aromatic rings. The van der Waals surface area contributed by atoms with Crippen LogP contribution in [0.1, 0.15) is 20.8 Å². The van der Waals surface area contributed by atoms with Gasteiger partial charge < -0.3 is 18.9 Å². The number of hydrogen-bond donors (Lipinski definition) is 2. The van der Waals surface area contributed by atoms with Gasteiger partial charge in [-0.2, -0.15) is 11.8 Å². The smallest absolute Gasteiger partial charge is 0.414 e. The van der Waals surface area contributed by atoms with E-state index in [0.717, 1.165) is 0 Å². The van der Waals surface area contributed by atoms with Crippen molar-refractivity contribution in [3.63, 3.8) is 0 Å². The summed E-state index contributed by atoms with van der Waals surface area (Å²) in [7, 11) is 1.27. The Hall–Kier alpha value is -2.66. The molecule has 11 heteroatoms. The summed E-state index contributed by atoms with van der Waals surface area (Å²) >= 11 is 1.40. The fourth-order valence-electron chi connectivity index (χ4n) is 2.48. The molecular formula is C19H27N3O7S. The summed E-state index contributed by atoms with van der Waals surface area (Å²) in [5.41, 5.74) is 2.81. The summed E-state index contributed by atoms with van der Waals surface area (Å²) in [4.78, 5) is 36.6. The fourth-order valence-corrected chi connectivity index (χ4v) is 3.04. The Morgan fingerprint density at radius 1 is 1.23 bits per heavy atom. The Labute approximate surface area is 179 Å². The lowest BCUT2D eigenvalue weighted by atomic mass is 10.2. The molecule has 2 rings (SSSR count). The van der Waals surface area contributed by atoms with Crippen molar-refractivity contribution in [3.8, 4) is 11.5 Å². The van der Waals surface area contributed by atoms with Crippen LogP contribution in [0.4, 0.5) is 10.5 Å². The van der Waals surface area contributed by atoms with Crippen LogP contribution in [-0.4, -0.2) is 62.1 Å². The van der Waals surface area contributed by atoms with Gasteiger partial charge in [0.2, 0.25) is 12.7 Å². The van der Waals surface area contributed by atoms with Crippen molar-refractivity contribution in [2.75, 3.05) is 37.5 Å². The average molecular weight is 442 g/mol. The van der Waals surface area contributed by atoms with Gasteiger partial charge in [-0.05, 0) is 39.2 Å². The number of hydrogen-bond acceptors (Lipinski definition) is 10. The summed E-state index contributed by atoms with van der Waals surface area (Å²) in [5, 5.41) is 3.69. The third kappa shape index (κ3) is 6.99. The second kappa shape index (κ2) is 10.4. The number of anilines is 1. The predicted octanol–water partition coefficient (Wildman–Crippen LogP) is 1.68. The zero-order valence-electron chi connectivity index (χ0n) is 17.6. The minimum atomic E-state index is -0.844. The van der Waals surface area contributed by atoms with Crippen LogP contribution >= 0.6 is 11.8 Å². The van der Waals surface area contributed by atoms with E-state index >= 15 is 0 Å². The molecule has 0 aromatic heterocycles. The number of carbonyl (C=O) groups is 3. The first-order chi connectivity index (χ1) is 14.1. The van der Waals surface area contributed by atoms with Crippen LogP contribution in [0.3, 0.4) is 0 Å². The molecule has 2 N–H and O–H groups in total. The third-order valence-electron chi connectivity index (χ3n) is 3.77. The molecular weight excluding hydrogens is 414 g/mol. The number of imide groups is 1. The van der Waals surface area contributed by atoms with Crippen molar-refractivity contribution in [3.05, 3.63) is 18.2 Å². The van der Waals surface area contributed by atoms with Crippen LogP contribution in [-0.2, 0) is 19.1 Å². The van der Waals surface area contributed by atoms with E-state index < -0.39 is 29.6 Å². The fraction of sp³-hybridized carbons (Fsp3) is 0.526. The molecule has 30 heavy (non-hydrogen) atoms. The molecule has 10 nitrogen and oxygen atoms in total. The van der Waals surface area contributed by atoms with Crippen molar-refractivity contribution in [1.82, 2.24) is 10.7 Å². The number of thioether (sulfide) groups is 1. The van der Waals surface area contributed by atoms with Crippen LogP contribution in [0.15, 0.2) is 18.2 Å². The van der Waals surface area contributed by atoms with E-state index in [0.29, 0.717) is 22.9 Å². The Balaban J connectivity index is 2.18. The van der Waals surface area contributed by atoms with Gasteiger partial charge in [-0.3, -0.25) is 19.9 Å². The molecule has 1 atom stereocenters. The zero-order chi connectivity index (χ0) is 22.3. The largest absolute Gasteiger partial charge is 0.468 e. The summed E-state index contributed by atoms with van der Waals surface area (Å²) in [6.45, 7) is 5.03. The first kappa shape index (κ1) is 23.6. The topological polar surface area (TPSA) is 115 Å². The van der Waals surface area contributed by atoms with E-state index in [1.54, 1.807) is 39.0 Å². The maximum atomic E-state index is 12.7. The number of carbonyl (C=O) groups excluding carboxylic acids is 3. The number of amides is 2. The number of rotatable bonds is 8. The van der Waals surface area contributed by atoms with Gasteiger partial charge in [-0.1, -0.05) is 0 Å². The summed E-state index contributed by atoms with van der Waals surface area (Å²) in [6, 6.07) is 4.27. The molecule has 0 fully saturated rings. The third-order valence-corrected chi connectivity index (χ3v) is 4.44. The second-order valence-corrected chi connectivity index (χ2v) is 8.24. The molecule has 1 aliphatic rings. The first-order valence-corrected chi connectivity index (χ1v) is 10.5. The molecule has 0 saturated carbocycles. The van der Waals surface area contributed by atoms with Crippen molar-refractivity contribution in [2.45, 2.75) is 32.4 Å². The number of esters is 1. The maximum absolute atomic E-state index is 12.7. The monoisotopic (exact) mass is 441 g/mol. The highest BCUT2D eigenvalue weighted by molar-refractivity contribution is 7.98. The molecule has 1 heterocycles. The molecule has 0 spiro atoms. The average Bonchev–Trinajstić information content (AvgIpc) is 3.12. The predicted molar refractivity (Wildman–Crippen MR) is 112 cm³/mol. The Morgan fingerprint density at radius 2 is 1.93 bits per heavy atom. The summed E-state index contributed by atoms with van der Waals surface area (Å²) < 4.78 is 20.6. The first-order valence-electron chi connectivity index (χ1n) is 9.16. The lowest BCUT2D eigenvalue weighted by Gasteiger charge is -2.29. The van der Waals surface area contributed by atoms with Crippen LogP contribution in [0.25, 0.3) is 0 Å². The maximum Gasteiger partial charge on any atom is 0.414 e. The number of ether oxygens (including phenoxy) is 4. The van der Waals surface area contributed by atoms with Gasteiger partial charge in [0.05, 0.1) is 12.8 Å². The molecule has 1 aliphatic heterocycles. The van der Waals surface area contributed by atoms with Gasteiger partial charge in [0.1, 0.15) is 18.2 Å². The molecule has 0 bridgehead atoms. The van der Waals surface area contributed by atoms with Crippen molar-refractivity contribution >= 4 is 35.4 Å². The Morgan fingerprint density at radius 3 is 2.57 bits per heavy atom. The number of hydrazine groups is 1. The normalized spacial score (nSPS) is 13.4. The lowest BCUT2D eigenvalue weighted by molar-refractivity contribution is -0.139. The number of nitrogens with zero attached hydrogens (tertiary/aromatic N) is 1. The number of methoxy groups -OCH3 is 1. The second-order valence-electron chi connectivity index (χ2n) is 7.33. The number of fused-ring (bicyclic) bond motifs is 1. The van der Waals surface area contributed by atoms with Crippen molar-refractivity contribution in [2.24, 2.45) is 0 Å². The number of benzene rings is 1. The van der Waals surface area contributed by atoms with E-state index in [1.807, 2.05) is 6.26 Å². The van der Waals surface area contributed by atoms with Crippen molar-refractivity contribution < 1.29 is 33.3 Å². The van der Waals surface area contributed by atoms with Gasteiger partial charge >= 0.3 is 12.1 Å². The van der Waals surface area contributed by atoms with Crippen LogP contribution in [0.5, 0.6) is 11.5 Å². The van der Waals surface area contributed by atoms with E-state index in [-0.39, 0.29) is 13.3 Å². The molecule has 2 amide bonds. The number of nitrogens with one attached hydrogen (secondary N) is 2. The lowest BCUT2D eigenvalue weighted by Crippen LogP contribution is -2.56. The van der Waals surface area contributed by atoms with Crippen LogP contribution in [0, 0.1) is 0 Å². The molecule has 0 unspecified atom stereocenters. The molecule has 166 valence electrons. The van der Waals surface area contributed by atoms with Crippen molar-refractivity contribution in [1.29, 1.82) is 0 Å². The van der Waals surface area contributed by atoms with Crippen LogP contribution < -0.4 is 25.2 Å². The Kier molecular flexibility index (Phi) is 8.18. The minimum Gasteiger partial charge on any atom is -0.468 e. The molecule has 0 aliphatic carbocycles. The quantitative estimate of drug-likeness (QED) is 0.456. The highest BCUT2D eigenvalue weighted by Crippen LogP contribution is 2.35. The van der Waals surface area contributed by atoms with E-state index in [1.165, 1.54) is 23.9 Å². The Bertz CT molecular complexity index is 782. The van der Waals surface area contributed by atoms with Gasteiger partial charge in [0.15, 0.2) is 11.5 Å². The summed E-state index contributed by atoms with van der Waals surface area (Å²) in [5.74, 6) is 0.324. The van der Waals surface area contributed by atoms with Gasteiger partial charge in [-0.25, -0.2) is 10.2 Å². The SMILES string of the molecule is COC(=O)CN(N[C@@H](CSC)C(=O)NC(=O)OC(C)(C)C)c1ccc2c(c1)OCO2. The van der Waals surface area contributed by atoms with Gasteiger partial charge in [0, 0.05) is 11.8 Å². The molecule has 0 saturated heterocycles. The molecule has 0 radical (unpaired) electrons. The highest BCUT2D eigenvalue weighted by atomic mass is 32.2. The summed E-state index contributed by atoms with van der Waals surface area (Å²) in [6.07, 6.45) is 0.976. The van der Waals surface area contributed by atoms with Gasteiger partial charge in [-0.15, -0.1) is 0 Å². The number of alkyl carbamates (subject to hydrolysis) is 1. The molecule has 1 aromatic carbocycles. The minimum absolute atomic E-state index is 0.108. The van der Waals surface area contributed by atoms with E-state index in [9.17, 15) is 14.4 Å². The van der Waals surface area contributed by atoms with E-state index in [2.05, 4.69) is 10.7 Å². The van der Waals surface area contributed by atoms with Crippen LogP contribution in [0.2, 0.25) is 0 Å². The standard InChI is InChI=1S/C19H27N3O7S/c1-19(2,3)29-18(25)20-17(24)13(10-30-5)21-22(9-16(23)26-4)12-6-7-14-15(8-12)28-11-27-14/h6-8,13,21H,9-11H2,1-5H3,(H,20,24,25)/t13-/m0/s1.